The van der Waals surface area contributed by atoms with Crippen molar-refractivity contribution in [2.24, 2.45) is 0 Å². The fourth-order valence-electron chi connectivity index (χ4n) is 3.83. The van der Waals surface area contributed by atoms with Crippen molar-refractivity contribution < 1.29 is 9.59 Å². The van der Waals surface area contributed by atoms with E-state index in [9.17, 15) is 9.59 Å². The summed E-state index contributed by atoms with van der Waals surface area (Å²) in [6.07, 6.45) is 2.40. The predicted octanol–water partition coefficient (Wildman–Crippen LogP) is 3.94. The third-order valence-corrected chi connectivity index (χ3v) is 5.53. The summed E-state index contributed by atoms with van der Waals surface area (Å²) in [6, 6.07) is 21.4. The molecular weight excluding hydrogens is 374 g/mol. The number of carbonyl (C=O) groups is 2. The van der Waals surface area contributed by atoms with Crippen molar-refractivity contribution in [3.63, 3.8) is 0 Å². The van der Waals surface area contributed by atoms with Crippen molar-refractivity contribution in [1.29, 1.82) is 0 Å². The second-order valence-corrected chi connectivity index (χ2v) is 7.48. The fraction of sp³-hybridized carbons (Fsp3) is 0.240. The molecule has 0 saturated carbocycles. The van der Waals surface area contributed by atoms with Gasteiger partial charge in [-0.15, -0.1) is 0 Å². The van der Waals surface area contributed by atoms with Crippen LogP contribution in [0.4, 0.5) is 0 Å². The van der Waals surface area contributed by atoms with Crippen LogP contribution in [0.5, 0.6) is 0 Å². The molecule has 0 aliphatic carbocycles. The average molecular weight is 399 g/mol. The molecule has 0 saturated heterocycles. The summed E-state index contributed by atoms with van der Waals surface area (Å²) in [5.74, 6) is -0.230. The van der Waals surface area contributed by atoms with E-state index in [1.807, 2.05) is 54.3 Å². The van der Waals surface area contributed by atoms with E-state index in [4.69, 9.17) is 0 Å². The lowest BCUT2D eigenvalue weighted by Gasteiger charge is -2.29. The van der Waals surface area contributed by atoms with Gasteiger partial charge >= 0.3 is 0 Å². The minimum Gasteiger partial charge on any atom is -0.334 e. The molecule has 1 aliphatic heterocycles. The number of aromatic nitrogens is 1. The van der Waals surface area contributed by atoms with Crippen molar-refractivity contribution in [2.45, 2.75) is 26.4 Å². The van der Waals surface area contributed by atoms with E-state index < -0.39 is 0 Å². The summed E-state index contributed by atoms with van der Waals surface area (Å²) in [6.45, 7) is 4.29. The summed E-state index contributed by atoms with van der Waals surface area (Å²) in [7, 11) is 0. The van der Waals surface area contributed by atoms with Crippen molar-refractivity contribution >= 4 is 11.8 Å². The van der Waals surface area contributed by atoms with E-state index in [-0.39, 0.29) is 11.8 Å². The van der Waals surface area contributed by atoms with E-state index in [0.717, 1.165) is 12.0 Å². The first-order chi connectivity index (χ1) is 14.7. The Bertz CT molecular complexity index is 1020. The number of fused-ring (bicyclic) bond motifs is 1. The van der Waals surface area contributed by atoms with Gasteiger partial charge < -0.3 is 9.80 Å². The summed E-state index contributed by atoms with van der Waals surface area (Å²) in [4.78, 5) is 34.0. The summed E-state index contributed by atoms with van der Waals surface area (Å²) in [5, 5.41) is 0. The van der Waals surface area contributed by atoms with Crippen LogP contribution in [0.1, 0.15) is 44.5 Å². The lowest BCUT2D eigenvalue weighted by Crippen LogP contribution is -2.36. The zero-order chi connectivity index (χ0) is 20.9. The molecule has 0 N–H and O–H groups in total. The van der Waals surface area contributed by atoms with Gasteiger partial charge in [-0.05, 0) is 42.2 Å². The zero-order valence-corrected chi connectivity index (χ0v) is 17.1. The number of amides is 2. The molecule has 0 atom stereocenters. The third kappa shape index (κ3) is 4.25. The van der Waals surface area contributed by atoms with Crippen LogP contribution in [-0.4, -0.2) is 39.7 Å². The van der Waals surface area contributed by atoms with Gasteiger partial charge in [0, 0.05) is 37.9 Å². The monoisotopic (exact) mass is 399 g/mol. The Morgan fingerprint density at radius 3 is 2.50 bits per heavy atom. The topological polar surface area (TPSA) is 53.5 Å². The molecule has 0 fully saturated rings. The van der Waals surface area contributed by atoms with Gasteiger partial charge in [0.15, 0.2) is 0 Å². The van der Waals surface area contributed by atoms with E-state index in [1.165, 1.54) is 11.1 Å². The van der Waals surface area contributed by atoms with E-state index in [2.05, 4.69) is 17.1 Å². The van der Waals surface area contributed by atoms with Crippen LogP contribution in [0.15, 0.2) is 72.9 Å². The molecule has 30 heavy (non-hydrogen) atoms. The van der Waals surface area contributed by atoms with Crippen LogP contribution >= 0.6 is 0 Å². The highest BCUT2D eigenvalue weighted by Crippen LogP contribution is 2.20. The van der Waals surface area contributed by atoms with E-state index >= 15 is 0 Å². The number of hydrogen-bond donors (Lipinski definition) is 0. The molecular formula is C25H25N3O2. The highest BCUT2D eigenvalue weighted by molar-refractivity contribution is 5.98. The summed E-state index contributed by atoms with van der Waals surface area (Å²) >= 11 is 0. The molecule has 0 spiro atoms. The number of rotatable bonds is 5. The van der Waals surface area contributed by atoms with Crippen LogP contribution in [0.3, 0.4) is 0 Å². The first-order valence-corrected chi connectivity index (χ1v) is 10.3. The van der Waals surface area contributed by atoms with Crippen molar-refractivity contribution in [1.82, 2.24) is 14.8 Å². The Labute approximate surface area is 177 Å². The molecule has 5 heteroatoms. The van der Waals surface area contributed by atoms with E-state index in [1.54, 1.807) is 23.2 Å². The van der Waals surface area contributed by atoms with Gasteiger partial charge in [-0.3, -0.25) is 14.6 Å². The first kappa shape index (κ1) is 19.8. The van der Waals surface area contributed by atoms with Crippen molar-refractivity contribution in [3.05, 3.63) is 101 Å². The fourth-order valence-corrected chi connectivity index (χ4v) is 3.83. The molecule has 2 aromatic carbocycles. The zero-order valence-electron chi connectivity index (χ0n) is 17.1. The second-order valence-electron chi connectivity index (χ2n) is 7.48. The SMILES string of the molecule is CCN(Cc1ccccc1)C(=O)c1cc(C(=O)N2CCc3ccccc3C2)ccn1. The molecule has 1 aromatic heterocycles. The minimum absolute atomic E-state index is 0.0629. The Morgan fingerprint density at radius 2 is 1.73 bits per heavy atom. The van der Waals surface area contributed by atoms with E-state index in [0.29, 0.717) is 37.4 Å². The van der Waals surface area contributed by atoms with Crippen LogP contribution in [-0.2, 0) is 19.5 Å². The third-order valence-electron chi connectivity index (χ3n) is 5.53. The maximum Gasteiger partial charge on any atom is 0.272 e. The van der Waals surface area contributed by atoms with Gasteiger partial charge in [0.2, 0.25) is 0 Å². The Kier molecular flexibility index (Phi) is 5.89. The maximum atomic E-state index is 13.1. The molecule has 0 unspecified atom stereocenters. The number of benzene rings is 2. The first-order valence-electron chi connectivity index (χ1n) is 10.3. The van der Waals surface area contributed by atoms with Gasteiger partial charge in [0.25, 0.3) is 11.8 Å². The smallest absolute Gasteiger partial charge is 0.272 e. The number of hydrogen-bond acceptors (Lipinski definition) is 3. The molecule has 0 bridgehead atoms. The molecule has 1 aliphatic rings. The van der Waals surface area contributed by atoms with Gasteiger partial charge in [0.1, 0.15) is 5.69 Å². The predicted molar refractivity (Wildman–Crippen MR) is 116 cm³/mol. The number of pyridine rings is 1. The standard InChI is InChI=1S/C25H25N3O2/c1-2-27(17-19-8-4-3-5-9-19)25(30)23-16-21(12-14-26-23)24(29)28-15-13-20-10-6-7-11-22(20)18-28/h3-12,14,16H,2,13,15,17-18H2,1H3. The molecule has 4 rings (SSSR count). The van der Waals surface area contributed by atoms with Crippen LogP contribution < -0.4 is 0 Å². The number of nitrogens with zero attached hydrogens (tertiary/aromatic N) is 3. The summed E-state index contributed by atoms with van der Waals surface area (Å²) < 4.78 is 0. The van der Waals surface area contributed by atoms with Gasteiger partial charge in [0.05, 0.1) is 0 Å². The van der Waals surface area contributed by atoms with Crippen LogP contribution in [0, 0.1) is 0 Å². The van der Waals surface area contributed by atoms with Crippen LogP contribution in [0.25, 0.3) is 0 Å². The molecule has 5 nitrogen and oxygen atoms in total. The maximum absolute atomic E-state index is 13.1. The molecule has 2 heterocycles. The average Bonchev–Trinajstić information content (AvgIpc) is 2.82. The summed E-state index contributed by atoms with van der Waals surface area (Å²) in [5.41, 5.74) is 4.35. The highest BCUT2D eigenvalue weighted by Gasteiger charge is 2.23. The van der Waals surface area contributed by atoms with Crippen molar-refractivity contribution in [2.75, 3.05) is 13.1 Å². The molecule has 2 amide bonds. The quantitative estimate of drug-likeness (QED) is 0.653. The van der Waals surface area contributed by atoms with Gasteiger partial charge in [-0.25, -0.2) is 0 Å². The Morgan fingerprint density at radius 1 is 1.00 bits per heavy atom. The normalized spacial score (nSPS) is 12.9. The van der Waals surface area contributed by atoms with Crippen LogP contribution in [0.2, 0.25) is 0 Å². The second kappa shape index (κ2) is 8.91. The highest BCUT2D eigenvalue weighted by atomic mass is 16.2. The minimum atomic E-state index is -0.167. The number of carbonyl (C=O) groups excluding carboxylic acids is 2. The lowest BCUT2D eigenvalue weighted by molar-refractivity contribution is 0.0734. The van der Waals surface area contributed by atoms with Gasteiger partial charge in [-0.1, -0.05) is 54.6 Å². The lowest BCUT2D eigenvalue weighted by atomic mass is 9.99. The molecule has 152 valence electrons. The molecule has 0 radical (unpaired) electrons. The largest absolute Gasteiger partial charge is 0.334 e. The molecule has 3 aromatic rings. The Hall–Kier alpha value is -3.47. The van der Waals surface area contributed by atoms with Crippen molar-refractivity contribution in [3.8, 4) is 0 Å². The van der Waals surface area contributed by atoms with Gasteiger partial charge in [-0.2, -0.15) is 0 Å². The Balaban J connectivity index is 1.50.